The molecule has 1 atom stereocenters. The van der Waals surface area contributed by atoms with Gasteiger partial charge in [-0.1, -0.05) is 33.8 Å². The predicted octanol–water partition coefficient (Wildman–Crippen LogP) is 2.89. The van der Waals surface area contributed by atoms with Gasteiger partial charge in [0.05, 0.1) is 0 Å². The van der Waals surface area contributed by atoms with Gasteiger partial charge in [0, 0.05) is 5.54 Å². The predicted molar refractivity (Wildman–Crippen MR) is 61.1 cm³/mol. The van der Waals surface area contributed by atoms with Crippen molar-refractivity contribution in [2.45, 2.75) is 52.5 Å². The summed E-state index contributed by atoms with van der Waals surface area (Å²) in [5.74, 6) is 0.526. The molecule has 82 valence electrons. The molecule has 0 rings (SSSR count). The summed E-state index contributed by atoms with van der Waals surface area (Å²) in [4.78, 5) is 11.3. The molecule has 0 saturated heterocycles. The zero-order chi connectivity index (χ0) is 11.2. The molecule has 1 amide bonds. The Kier molecular flexibility index (Phi) is 5.51. The van der Waals surface area contributed by atoms with Crippen molar-refractivity contribution in [1.82, 2.24) is 5.32 Å². The maximum Gasteiger partial charge on any atom is 0.243 e. The molecular weight excluding hydrogens is 174 g/mol. The van der Waals surface area contributed by atoms with E-state index in [1.165, 1.54) is 6.08 Å². The first kappa shape index (κ1) is 13.2. The Morgan fingerprint density at radius 2 is 2.14 bits per heavy atom. The molecule has 0 fully saturated rings. The number of amides is 1. The standard InChI is InChI=1S/C12H23NO/c1-6-8-12(5,9-10(3)4)13-11(14)7-2/h7,10H,2,6,8-9H2,1,3-5H3,(H,13,14). The van der Waals surface area contributed by atoms with Gasteiger partial charge in [0.1, 0.15) is 0 Å². The third kappa shape index (κ3) is 5.05. The zero-order valence-corrected chi connectivity index (χ0v) is 9.89. The van der Waals surface area contributed by atoms with Crippen LogP contribution in [0.2, 0.25) is 0 Å². The molecule has 14 heavy (non-hydrogen) atoms. The monoisotopic (exact) mass is 197 g/mol. The van der Waals surface area contributed by atoms with Crippen LogP contribution in [0.25, 0.3) is 0 Å². The second kappa shape index (κ2) is 5.84. The Morgan fingerprint density at radius 1 is 1.57 bits per heavy atom. The Labute approximate surface area is 87.8 Å². The SMILES string of the molecule is C=CC(=O)NC(C)(CCC)CC(C)C. The van der Waals surface area contributed by atoms with Gasteiger partial charge in [0.15, 0.2) is 0 Å². The summed E-state index contributed by atoms with van der Waals surface area (Å²) >= 11 is 0. The lowest BCUT2D eigenvalue weighted by Crippen LogP contribution is -2.46. The van der Waals surface area contributed by atoms with Crippen molar-refractivity contribution < 1.29 is 4.79 Å². The normalized spacial score (nSPS) is 14.9. The van der Waals surface area contributed by atoms with Crippen LogP contribution in [0.15, 0.2) is 12.7 Å². The fraction of sp³-hybridized carbons (Fsp3) is 0.750. The highest BCUT2D eigenvalue weighted by atomic mass is 16.1. The van der Waals surface area contributed by atoms with Crippen LogP contribution < -0.4 is 5.32 Å². The van der Waals surface area contributed by atoms with Crippen LogP contribution in [0, 0.1) is 5.92 Å². The smallest absolute Gasteiger partial charge is 0.243 e. The fourth-order valence-electron chi connectivity index (χ4n) is 2.02. The molecule has 0 saturated carbocycles. The maximum absolute atomic E-state index is 11.3. The molecule has 0 aromatic rings. The van der Waals surface area contributed by atoms with E-state index in [0.29, 0.717) is 5.92 Å². The van der Waals surface area contributed by atoms with Crippen LogP contribution in [0.5, 0.6) is 0 Å². The summed E-state index contributed by atoms with van der Waals surface area (Å²) in [5, 5.41) is 3.02. The van der Waals surface area contributed by atoms with Gasteiger partial charge >= 0.3 is 0 Å². The zero-order valence-electron chi connectivity index (χ0n) is 9.89. The lowest BCUT2D eigenvalue weighted by molar-refractivity contribution is -0.118. The molecule has 0 aromatic carbocycles. The average Bonchev–Trinajstić information content (AvgIpc) is 2.02. The van der Waals surface area contributed by atoms with Gasteiger partial charge in [0.25, 0.3) is 0 Å². The molecule has 0 aromatic heterocycles. The molecular formula is C12H23NO. The van der Waals surface area contributed by atoms with Gasteiger partial charge in [-0.05, 0) is 31.8 Å². The lowest BCUT2D eigenvalue weighted by atomic mass is 9.86. The van der Waals surface area contributed by atoms with Crippen LogP contribution in [-0.2, 0) is 4.79 Å². The van der Waals surface area contributed by atoms with Gasteiger partial charge in [0.2, 0.25) is 5.91 Å². The maximum atomic E-state index is 11.3. The Bertz CT molecular complexity index is 198. The van der Waals surface area contributed by atoms with Gasteiger partial charge in [-0.3, -0.25) is 4.79 Å². The first-order valence-corrected chi connectivity index (χ1v) is 5.38. The number of carbonyl (C=O) groups is 1. The van der Waals surface area contributed by atoms with E-state index in [2.05, 4.69) is 39.6 Å². The van der Waals surface area contributed by atoms with Crippen LogP contribution in [0.3, 0.4) is 0 Å². The molecule has 1 N–H and O–H groups in total. The molecule has 0 radical (unpaired) electrons. The summed E-state index contributed by atoms with van der Waals surface area (Å²) in [6, 6.07) is 0. The summed E-state index contributed by atoms with van der Waals surface area (Å²) in [6.07, 6.45) is 4.46. The van der Waals surface area contributed by atoms with Crippen molar-refractivity contribution in [2.24, 2.45) is 5.92 Å². The number of hydrogen-bond donors (Lipinski definition) is 1. The molecule has 0 aliphatic carbocycles. The first-order chi connectivity index (χ1) is 6.43. The second-order valence-electron chi connectivity index (χ2n) is 4.60. The molecule has 2 nitrogen and oxygen atoms in total. The van der Waals surface area contributed by atoms with Crippen LogP contribution >= 0.6 is 0 Å². The number of hydrogen-bond acceptors (Lipinski definition) is 1. The van der Waals surface area contributed by atoms with Crippen molar-refractivity contribution in [2.75, 3.05) is 0 Å². The van der Waals surface area contributed by atoms with Crippen molar-refractivity contribution in [3.63, 3.8) is 0 Å². The summed E-state index contributed by atoms with van der Waals surface area (Å²) in [7, 11) is 0. The van der Waals surface area contributed by atoms with Crippen LogP contribution in [-0.4, -0.2) is 11.4 Å². The minimum absolute atomic E-state index is 0.0680. The van der Waals surface area contributed by atoms with E-state index in [4.69, 9.17) is 0 Å². The molecule has 0 heterocycles. The Balaban J connectivity index is 4.37. The van der Waals surface area contributed by atoms with Crippen LogP contribution in [0.1, 0.15) is 47.0 Å². The van der Waals surface area contributed by atoms with E-state index in [1.807, 2.05) is 0 Å². The average molecular weight is 197 g/mol. The molecule has 1 unspecified atom stereocenters. The third-order valence-corrected chi connectivity index (χ3v) is 2.27. The largest absolute Gasteiger partial charge is 0.347 e. The van der Waals surface area contributed by atoms with Crippen molar-refractivity contribution in [3.8, 4) is 0 Å². The van der Waals surface area contributed by atoms with E-state index in [0.717, 1.165) is 19.3 Å². The van der Waals surface area contributed by atoms with E-state index in [9.17, 15) is 4.79 Å². The fourth-order valence-corrected chi connectivity index (χ4v) is 2.02. The second-order valence-corrected chi connectivity index (χ2v) is 4.60. The van der Waals surface area contributed by atoms with E-state index < -0.39 is 0 Å². The Hall–Kier alpha value is -0.790. The number of carbonyl (C=O) groups excluding carboxylic acids is 1. The number of nitrogens with one attached hydrogen (secondary N) is 1. The summed E-state index contributed by atoms with van der Waals surface area (Å²) < 4.78 is 0. The van der Waals surface area contributed by atoms with Crippen molar-refractivity contribution >= 4 is 5.91 Å². The number of rotatable bonds is 6. The minimum Gasteiger partial charge on any atom is -0.347 e. The topological polar surface area (TPSA) is 29.1 Å². The van der Waals surface area contributed by atoms with Gasteiger partial charge in [-0.2, -0.15) is 0 Å². The van der Waals surface area contributed by atoms with Crippen molar-refractivity contribution in [3.05, 3.63) is 12.7 Å². The van der Waals surface area contributed by atoms with E-state index in [-0.39, 0.29) is 11.4 Å². The Morgan fingerprint density at radius 3 is 2.50 bits per heavy atom. The minimum atomic E-state index is -0.0752. The van der Waals surface area contributed by atoms with Crippen molar-refractivity contribution in [1.29, 1.82) is 0 Å². The van der Waals surface area contributed by atoms with Crippen LogP contribution in [0.4, 0.5) is 0 Å². The molecule has 2 heteroatoms. The molecule has 0 bridgehead atoms. The van der Waals surface area contributed by atoms with E-state index >= 15 is 0 Å². The highest BCUT2D eigenvalue weighted by Crippen LogP contribution is 2.21. The summed E-state index contributed by atoms with van der Waals surface area (Å²) in [6.45, 7) is 12.1. The molecule has 0 aliphatic heterocycles. The lowest BCUT2D eigenvalue weighted by Gasteiger charge is -2.32. The highest BCUT2D eigenvalue weighted by molar-refractivity contribution is 5.87. The first-order valence-electron chi connectivity index (χ1n) is 5.38. The summed E-state index contributed by atoms with van der Waals surface area (Å²) in [5.41, 5.74) is -0.0752. The van der Waals surface area contributed by atoms with E-state index in [1.54, 1.807) is 0 Å². The van der Waals surface area contributed by atoms with Gasteiger partial charge in [-0.15, -0.1) is 0 Å². The highest BCUT2D eigenvalue weighted by Gasteiger charge is 2.25. The third-order valence-electron chi connectivity index (χ3n) is 2.27. The molecule has 0 spiro atoms. The molecule has 0 aliphatic rings. The van der Waals surface area contributed by atoms with Gasteiger partial charge in [-0.25, -0.2) is 0 Å². The quantitative estimate of drug-likeness (QED) is 0.652. The van der Waals surface area contributed by atoms with Gasteiger partial charge < -0.3 is 5.32 Å².